The number of aromatic nitrogens is 6. The number of fused-ring (bicyclic) bond motifs is 1. The van der Waals surface area contributed by atoms with E-state index in [-0.39, 0.29) is 77.5 Å². The molecule has 3 aromatic carbocycles. The molecule has 3 saturated carbocycles. The maximum atomic E-state index is 14.6. The normalized spacial score (nSPS) is 22.2. The quantitative estimate of drug-likeness (QED) is 0.0484. The summed E-state index contributed by atoms with van der Waals surface area (Å²) in [5, 5.41) is 47.5. The molecule has 3 amide bonds. The lowest BCUT2D eigenvalue weighted by Gasteiger charge is -2.59. The molecule has 5 N–H and O–H groups in total. The molecule has 6 aromatic rings. The van der Waals surface area contributed by atoms with Crippen molar-refractivity contribution in [2.75, 3.05) is 13.1 Å². The van der Waals surface area contributed by atoms with Gasteiger partial charge in [0.15, 0.2) is 5.82 Å². The second-order valence-corrected chi connectivity index (χ2v) is 22.7. The smallest absolute Gasteiger partial charge is 0.481 e. The zero-order chi connectivity index (χ0) is 53.4. The van der Waals surface area contributed by atoms with E-state index in [0.29, 0.717) is 54.1 Å². The molecule has 5 aliphatic rings. The molecule has 400 valence electrons. The van der Waals surface area contributed by atoms with Crippen LogP contribution < -0.4 is 10.6 Å². The Labute approximate surface area is 445 Å². The van der Waals surface area contributed by atoms with Crippen molar-refractivity contribution in [2.45, 2.75) is 142 Å². The van der Waals surface area contributed by atoms with Crippen LogP contribution in [0.2, 0.25) is 0 Å². The number of nitrogens with zero attached hydrogens (tertiary/aromatic N) is 7. The van der Waals surface area contributed by atoms with E-state index < -0.39 is 30.6 Å². The Morgan fingerprint density at radius 3 is 2.41 bits per heavy atom. The number of amides is 3. The van der Waals surface area contributed by atoms with Crippen LogP contribution in [0.5, 0.6) is 17.5 Å². The molecule has 76 heavy (non-hydrogen) atoms. The molecule has 2 aliphatic heterocycles. The Bertz CT molecular complexity index is 3050. The van der Waals surface area contributed by atoms with Crippen molar-refractivity contribution in [2.24, 2.45) is 29.6 Å². The van der Waals surface area contributed by atoms with Crippen LogP contribution in [-0.2, 0) is 38.3 Å². The van der Waals surface area contributed by atoms with Gasteiger partial charge >= 0.3 is 13.1 Å². The van der Waals surface area contributed by atoms with E-state index >= 15 is 0 Å². The Kier molecular flexibility index (Phi) is 15.3. The zero-order valence-electron chi connectivity index (χ0n) is 44.6. The summed E-state index contributed by atoms with van der Waals surface area (Å²) in [6.07, 6.45) is 12.1. The highest BCUT2D eigenvalue weighted by atomic mass is 16.7. The highest BCUT2D eigenvalue weighted by molar-refractivity contribution is 6.48. The maximum Gasteiger partial charge on any atom is 0.481 e. The minimum absolute atomic E-state index is 0.0103. The van der Waals surface area contributed by atoms with Crippen molar-refractivity contribution in [3.05, 3.63) is 108 Å². The highest BCUT2D eigenvalue weighted by Gasteiger charge is 2.67. The zero-order valence-corrected chi connectivity index (χ0v) is 44.6. The molecule has 5 fully saturated rings. The molecule has 7 atom stereocenters. The van der Waals surface area contributed by atoms with E-state index in [4.69, 9.17) is 9.31 Å². The summed E-state index contributed by atoms with van der Waals surface area (Å²) in [5.41, 5.74) is 3.69. The summed E-state index contributed by atoms with van der Waals surface area (Å²) in [7, 11) is -0.770. The maximum absolute atomic E-state index is 14.6. The second kappa shape index (κ2) is 22.1. The number of nitrogens with one attached hydrogen (secondary N) is 2. The SMILES string of the molecule is CCCc1cnc(C(=O)N[C@@H](Cc2ccccc2)C(=O)N[C@@H](CC(C)C)B2O[C@H]3C[C@H]4C[C@H](C4C)[C@@]3(CC(=O)N3CCC(CCn4ccc5cc(-n6c(O)nnc6-c6cc(C(C)C)c(O)cc6O)ccc54)CC3)O2)cn1. The van der Waals surface area contributed by atoms with E-state index in [1.807, 2.05) is 73.3 Å². The lowest BCUT2D eigenvalue weighted by atomic mass is 9.50. The van der Waals surface area contributed by atoms with Crippen LogP contribution in [0.25, 0.3) is 28.0 Å². The van der Waals surface area contributed by atoms with Crippen LogP contribution in [0.15, 0.2) is 85.3 Å². The summed E-state index contributed by atoms with van der Waals surface area (Å²) in [4.78, 5) is 53.5. The predicted molar refractivity (Wildman–Crippen MR) is 289 cm³/mol. The van der Waals surface area contributed by atoms with Gasteiger partial charge in [0.25, 0.3) is 5.91 Å². The molecule has 0 spiro atoms. The van der Waals surface area contributed by atoms with Crippen LogP contribution in [0, 0.1) is 29.6 Å². The number of aryl methyl sites for hydroxylation is 2. The molecule has 5 heterocycles. The third-order valence-corrected chi connectivity index (χ3v) is 16.8. The van der Waals surface area contributed by atoms with E-state index in [1.54, 1.807) is 12.3 Å². The average molecular weight is 1030 g/mol. The van der Waals surface area contributed by atoms with Crippen LogP contribution in [-0.4, -0.2) is 111 Å². The highest BCUT2D eigenvalue weighted by Crippen LogP contribution is 2.61. The molecular formula is C58H72BN9O8. The fourth-order valence-electron chi connectivity index (χ4n) is 12.5. The summed E-state index contributed by atoms with van der Waals surface area (Å²) in [6, 6.07) is 19.3. The molecule has 17 nitrogen and oxygen atoms in total. The first-order valence-corrected chi connectivity index (χ1v) is 27.5. The number of rotatable bonds is 19. The number of benzene rings is 3. The third-order valence-electron chi connectivity index (χ3n) is 16.8. The first kappa shape index (κ1) is 52.6. The van der Waals surface area contributed by atoms with Crippen LogP contribution in [0.4, 0.5) is 0 Å². The topological polar surface area (TPSA) is 219 Å². The molecule has 11 rings (SSSR count). The number of phenolic OH excluding ortho intramolecular Hbond substituents is 2. The number of hydrogen-bond donors (Lipinski definition) is 5. The van der Waals surface area contributed by atoms with Gasteiger partial charge in [0.1, 0.15) is 23.2 Å². The molecule has 2 bridgehead atoms. The number of hydrogen-bond acceptors (Lipinski definition) is 12. The van der Waals surface area contributed by atoms with Crippen molar-refractivity contribution < 1.29 is 39.0 Å². The van der Waals surface area contributed by atoms with Crippen LogP contribution >= 0.6 is 0 Å². The Morgan fingerprint density at radius 1 is 0.908 bits per heavy atom. The third kappa shape index (κ3) is 10.7. The number of piperidine rings is 1. The summed E-state index contributed by atoms with van der Waals surface area (Å²) < 4.78 is 17.8. The minimum atomic E-state index is -0.918. The minimum Gasteiger partial charge on any atom is -0.508 e. The molecule has 3 aliphatic carbocycles. The molecule has 1 unspecified atom stereocenters. The Balaban J connectivity index is 0.780. The molecule has 18 heteroatoms. The van der Waals surface area contributed by atoms with Crippen LogP contribution in [0.1, 0.15) is 126 Å². The number of aromatic hydroxyl groups is 3. The van der Waals surface area contributed by atoms with Gasteiger partial charge in [-0.3, -0.25) is 19.4 Å². The molecule has 3 aromatic heterocycles. The number of carbonyl (C=O) groups is 3. The Morgan fingerprint density at radius 2 is 1.70 bits per heavy atom. The van der Waals surface area contributed by atoms with E-state index in [0.717, 1.165) is 73.7 Å². The van der Waals surface area contributed by atoms with Crippen molar-refractivity contribution in [3.8, 4) is 34.6 Å². The van der Waals surface area contributed by atoms with Gasteiger partial charge in [-0.05, 0) is 122 Å². The fourth-order valence-corrected chi connectivity index (χ4v) is 12.5. The summed E-state index contributed by atoms with van der Waals surface area (Å²) in [6.45, 7) is 14.6. The first-order chi connectivity index (χ1) is 36.6. The fraction of sp³-hybridized carbons (Fsp3) is 0.500. The summed E-state index contributed by atoms with van der Waals surface area (Å²) in [5.74, 6) is 0.452. The summed E-state index contributed by atoms with van der Waals surface area (Å²) >= 11 is 0. The lowest BCUT2D eigenvalue weighted by Crippen LogP contribution is -2.64. The van der Waals surface area contributed by atoms with E-state index in [2.05, 4.69) is 69.3 Å². The van der Waals surface area contributed by atoms with Gasteiger partial charge in [-0.15, -0.1) is 5.10 Å². The van der Waals surface area contributed by atoms with Crippen molar-refractivity contribution >= 4 is 35.7 Å². The lowest BCUT2D eigenvalue weighted by molar-refractivity contribution is -0.175. The number of phenols is 2. The predicted octanol–water partition coefficient (Wildman–Crippen LogP) is 8.32. The molecule has 2 saturated heterocycles. The number of carbonyl (C=O) groups excluding carboxylic acids is 3. The largest absolute Gasteiger partial charge is 0.508 e. The van der Waals surface area contributed by atoms with E-state index in [1.165, 1.54) is 16.8 Å². The van der Waals surface area contributed by atoms with Crippen molar-refractivity contribution in [3.63, 3.8) is 0 Å². The van der Waals surface area contributed by atoms with Crippen LogP contribution in [0.3, 0.4) is 0 Å². The molecule has 0 radical (unpaired) electrons. The van der Waals surface area contributed by atoms with Gasteiger partial charge in [-0.25, -0.2) is 9.55 Å². The standard InChI is InChI=1S/C58H72BN9O8/c1-7-11-41-32-61-47(33-60-41)56(73)62-46(25-38-12-9-8-10-13-38)55(72)63-52(24-34(2)3)59-75-51-28-40-27-45(36(40)6)58(51,76-59)31-53(71)67-21-17-37(18-22-67)16-20-66-23-19-39-26-42(14-15-48(39)66)68-54(64-65-57(68)74)44-29-43(35(4)5)49(69)30-50(44)70/h8-10,12-15,19,23,26,29-30,32-37,40,45-46,51-52,69-70H,7,11,16-18,20-22,24-25,27-28,31H2,1-6H3,(H,62,73)(H,63,72)(H,65,74)/t36?,40-,45-,46+,51+,52+,58-/m1/s1. The monoisotopic (exact) mass is 1030 g/mol. The van der Waals surface area contributed by atoms with Gasteiger partial charge in [0.2, 0.25) is 11.8 Å². The van der Waals surface area contributed by atoms with E-state index in [9.17, 15) is 29.7 Å². The van der Waals surface area contributed by atoms with Gasteiger partial charge in [-0.2, -0.15) is 0 Å². The number of likely N-dealkylation sites (tertiary alicyclic amines) is 1. The van der Waals surface area contributed by atoms with Crippen molar-refractivity contribution in [1.29, 1.82) is 0 Å². The first-order valence-electron chi connectivity index (χ1n) is 27.5. The Hall–Kier alpha value is -6.79. The van der Waals surface area contributed by atoms with Gasteiger partial charge in [0.05, 0.1) is 47.2 Å². The molecular weight excluding hydrogens is 962 g/mol. The second-order valence-electron chi connectivity index (χ2n) is 22.7. The van der Waals surface area contributed by atoms with Gasteiger partial charge in [-0.1, -0.05) is 83.4 Å². The van der Waals surface area contributed by atoms with Gasteiger partial charge in [0, 0.05) is 55.4 Å². The van der Waals surface area contributed by atoms with Gasteiger partial charge < -0.3 is 44.7 Å². The van der Waals surface area contributed by atoms with Crippen molar-refractivity contribution in [1.82, 2.24) is 44.8 Å². The average Bonchev–Trinajstić information content (AvgIpc) is 4.13.